The van der Waals surface area contributed by atoms with Crippen molar-refractivity contribution in [3.8, 4) is 0 Å². The number of rotatable bonds is 9. The Labute approximate surface area is 264 Å². The standard InChI is InChI=1S/C33H38N4O6S2/c1-33(2,3)26-11-13-27(14-12-26)44(40,41)36-19-20-37(45(42,43)28-15-16-29-25(22-28)10-7-18-34-29)31(23-36)32(39)35-30(17-21-38)24-8-5-4-6-9-24/h4-16,18,22,30-31,38H,17,19-21,23H2,1-3H3,(H,35,39)/t30-,31-/m1/s1. The summed E-state index contributed by atoms with van der Waals surface area (Å²) in [5.74, 6) is -0.661. The van der Waals surface area contributed by atoms with Crippen LogP contribution in [-0.4, -0.2) is 73.7 Å². The third-order valence-corrected chi connectivity index (χ3v) is 11.9. The first-order valence-electron chi connectivity index (χ1n) is 14.8. The number of aliphatic hydroxyl groups excluding tert-OH is 1. The largest absolute Gasteiger partial charge is 0.396 e. The van der Waals surface area contributed by atoms with E-state index in [0.29, 0.717) is 10.9 Å². The van der Waals surface area contributed by atoms with E-state index in [9.17, 15) is 26.7 Å². The van der Waals surface area contributed by atoms with Crippen molar-refractivity contribution in [3.63, 3.8) is 0 Å². The van der Waals surface area contributed by atoms with Crippen molar-refractivity contribution in [1.82, 2.24) is 18.9 Å². The van der Waals surface area contributed by atoms with E-state index in [2.05, 4.69) is 10.3 Å². The van der Waals surface area contributed by atoms with Gasteiger partial charge in [-0.05, 0) is 59.4 Å². The Hall–Kier alpha value is -3.68. The number of carbonyl (C=O) groups is 1. The van der Waals surface area contributed by atoms with Crippen LogP contribution in [-0.2, 0) is 30.3 Å². The van der Waals surface area contributed by atoms with Crippen LogP contribution < -0.4 is 5.32 Å². The van der Waals surface area contributed by atoms with Crippen LogP contribution in [0.5, 0.6) is 0 Å². The zero-order chi connectivity index (χ0) is 32.4. The molecule has 4 aromatic rings. The van der Waals surface area contributed by atoms with Gasteiger partial charge >= 0.3 is 0 Å². The molecule has 2 heterocycles. The molecule has 238 valence electrons. The molecule has 1 aliphatic rings. The van der Waals surface area contributed by atoms with Crippen LogP contribution in [0.2, 0.25) is 0 Å². The quantitative estimate of drug-likeness (QED) is 0.281. The molecule has 10 nitrogen and oxygen atoms in total. The van der Waals surface area contributed by atoms with Crippen molar-refractivity contribution in [2.75, 3.05) is 26.2 Å². The lowest BCUT2D eigenvalue weighted by molar-refractivity contribution is -0.126. The molecule has 0 bridgehead atoms. The maximum Gasteiger partial charge on any atom is 0.243 e. The van der Waals surface area contributed by atoms with Gasteiger partial charge in [0.25, 0.3) is 0 Å². The van der Waals surface area contributed by atoms with Crippen molar-refractivity contribution in [1.29, 1.82) is 0 Å². The maximum atomic E-state index is 14.1. The highest BCUT2D eigenvalue weighted by Gasteiger charge is 2.44. The van der Waals surface area contributed by atoms with Gasteiger partial charge in [0.2, 0.25) is 26.0 Å². The second-order valence-corrected chi connectivity index (χ2v) is 15.9. The molecular weight excluding hydrogens is 613 g/mol. The summed E-state index contributed by atoms with van der Waals surface area (Å²) < 4.78 is 58.1. The third kappa shape index (κ3) is 6.95. The van der Waals surface area contributed by atoms with E-state index in [-0.39, 0.29) is 47.9 Å². The number of pyridine rings is 1. The summed E-state index contributed by atoms with van der Waals surface area (Å²) in [6, 6.07) is 21.7. The number of hydrogen-bond donors (Lipinski definition) is 2. The first-order valence-corrected chi connectivity index (χ1v) is 17.6. The molecule has 1 saturated heterocycles. The normalized spacial score (nSPS) is 17.6. The molecule has 1 amide bonds. The summed E-state index contributed by atoms with van der Waals surface area (Å²) >= 11 is 0. The van der Waals surface area contributed by atoms with Gasteiger partial charge in [-0.3, -0.25) is 9.78 Å². The Morgan fingerprint density at radius 2 is 1.60 bits per heavy atom. The van der Waals surface area contributed by atoms with E-state index in [0.717, 1.165) is 15.4 Å². The molecule has 2 N–H and O–H groups in total. The molecule has 12 heteroatoms. The van der Waals surface area contributed by atoms with Gasteiger partial charge in [-0.1, -0.05) is 69.3 Å². The Kier molecular flexibility index (Phi) is 9.43. The number of amides is 1. The molecule has 45 heavy (non-hydrogen) atoms. The fourth-order valence-corrected chi connectivity index (χ4v) is 8.53. The average Bonchev–Trinajstić information content (AvgIpc) is 3.04. The van der Waals surface area contributed by atoms with Gasteiger partial charge in [0, 0.05) is 37.8 Å². The van der Waals surface area contributed by atoms with E-state index in [1.807, 2.05) is 26.8 Å². The number of carbonyl (C=O) groups excluding carboxylic acids is 1. The third-order valence-electron chi connectivity index (χ3n) is 8.07. The lowest BCUT2D eigenvalue weighted by atomic mass is 9.87. The molecule has 0 aliphatic carbocycles. The minimum Gasteiger partial charge on any atom is -0.396 e. The van der Waals surface area contributed by atoms with E-state index >= 15 is 0 Å². The summed E-state index contributed by atoms with van der Waals surface area (Å²) in [5, 5.41) is 13.2. The number of aliphatic hydroxyl groups is 1. The molecule has 3 aromatic carbocycles. The number of sulfonamides is 2. The molecule has 0 unspecified atom stereocenters. The number of piperazine rings is 1. The second kappa shape index (κ2) is 13.0. The summed E-state index contributed by atoms with van der Waals surface area (Å²) in [5.41, 5.74) is 2.15. The minimum atomic E-state index is -4.24. The van der Waals surface area contributed by atoms with E-state index in [4.69, 9.17) is 0 Å². The van der Waals surface area contributed by atoms with E-state index < -0.39 is 38.0 Å². The Morgan fingerprint density at radius 3 is 2.27 bits per heavy atom. The zero-order valence-corrected chi connectivity index (χ0v) is 27.1. The van der Waals surface area contributed by atoms with Gasteiger partial charge in [0.05, 0.1) is 21.3 Å². The lowest BCUT2D eigenvalue weighted by Crippen LogP contribution is -2.61. The van der Waals surface area contributed by atoms with Gasteiger partial charge in [-0.2, -0.15) is 8.61 Å². The first kappa shape index (κ1) is 32.7. The van der Waals surface area contributed by atoms with Gasteiger partial charge in [0.1, 0.15) is 6.04 Å². The molecule has 0 radical (unpaired) electrons. The number of fused-ring (bicyclic) bond motifs is 1. The lowest BCUT2D eigenvalue weighted by Gasteiger charge is -2.39. The number of aromatic nitrogens is 1. The highest BCUT2D eigenvalue weighted by Crippen LogP contribution is 2.29. The molecular formula is C33H38N4O6S2. The van der Waals surface area contributed by atoms with Gasteiger partial charge in [0.15, 0.2) is 0 Å². The molecule has 1 fully saturated rings. The van der Waals surface area contributed by atoms with Crippen LogP contribution in [0.3, 0.4) is 0 Å². The van der Waals surface area contributed by atoms with Crippen LogP contribution >= 0.6 is 0 Å². The highest BCUT2D eigenvalue weighted by atomic mass is 32.2. The number of hydrogen-bond acceptors (Lipinski definition) is 7. The minimum absolute atomic E-state index is 0.0233. The fourth-order valence-electron chi connectivity index (χ4n) is 5.49. The SMILES string of the molecule is CC(C)(C)c1ccc(S(=O)(=O)N2CCN(S(=O)(=O)c3ccc4ncccc4c3)[C@@H](C(=O)N[C@H](CCO)c3ccccc3)C2)cc1. The molecule has 5 rings (SSSR count). The van der Waals surface area contributed by atoms with E-state index in [1.54, 1.807) is 72.9 Å². The van der Waals surface area contributed by atoms with Crippen molar-refractivity contribution >= 4 is 36.9 Å². The van der Waals surface area contributed by atoms with Gasteiger partial charge in [-0.25, -0.2) is 16.8 Å². The van der Waals surface area contributed by atoms with Crippen LogP contribution in [0.4, 0.5) is 0 Å². The summed E-state index contributed by atoms with van der Waals surface area (Å²) in [4.78, 5) is 18.3. The predicted molar refractivity (Wildman–Crippen MR) is 172 cm³/mol. The molecule has 1 aliphatic heterocycles. The zero-order valence-electron chi connectivity index (χ0n) is 25.5. The fraction of sp³-hybridized carbons (Fsp3) is 0.333. The van der Waals surface area contributed by atoms with Crippen molar-refractivity contribution in [3.05, 3.63) is 102 Å². The average molecular weight is 651 g/mol. The Bertz CT molecular complexity index is 1880. The van der Waals surface area contributed by atoms with Gasteiger partial charge < -0.3 is 10.4 Å². The van der Waals surface area contributed by atoms with Gasteiger partial charge in [-0.15, -0.1) is 0 Å². The number of nitrogens with one attached hydrogen (secondary N) is 1. The second-order valence-electron chi connectivity index (χ2n) is 12.1. The van der Waals surface area contributed by atoms with Crippen LogP contribution in [0.15, 0.2) is 101 Å². The Balaban J connectivity index is 1.50. The highest BCUT2D eigenvalue weighted by molar-refractivity contribution is 7.89. The molecule has 2 atom stereocenters. The first-order chi connectivity index (χ1) is 21.3. The van der Waals surface area contributed by atoms with Crippen LogP contribution in [0.25, 0.3) is 10.9 Å². The van der Waals surface area contributed by atoms with Crippen molar-refractivity contribution in [2.45, 2.75) is 54.5 Å². The topological polar surface area (TPSA) is 137 Å². The predicted octanol–water partition coefficient (Wildman–Crippen LogP) is 3.84. The number of benzene rings is 3. The van der Waals surface area contributed by atoms with Crippen LogP contribution in [0, 0.1) is 0 Å². The van der Waals surface area contributed by atoms with Crippen LogP contribution in [0.1, 0.15) is 44.4 Å². The summed E-state index contributed by atoms with van der Waals surface area (Å²) in [7, 11) is -8.30. The molecule has 1 aromatic heterocycles. The van der Waals surface area contributed by atoms with Crippen molar-refractivity contribution < 1.29 is 26.7 Å². The molecule has 0 saturated carbocycles. The maximum absolute atomic E-state index is 14.1. The summed E-state index contributed by atoms with van der Waals surface area (Å²) in [6.07, 6.45) is 1.80. The monoisotopic (exact) mass is 650 g/mol. The number of nitrogens with zero attached hydrogens (tertiary/aromatic N) is 3. The van der Waals surface area contributed by atoms with Crippen molar-refractivity contribution in [2.24, 2.45) is 0 Å². The summed E-state index contributed by atoms with van der Waals surface area (Å²) in [6.45, 7) is 5.12. The van der Waals surface area contributed by atoms with E-state index in [1.165, 1.54) is 16.4 Å². The smallest absolute Gasteiger partial charge is 0.243 e. The Morgan fingerprint density at radius 1 is 0.911 bits per heavy atom. The molecule has 0 spiro atoms.